The molecule has 3 heterocycles. The molecule has 0 aliphatic carbocycles. The Morgan fingerprint density at radius 2 is 1.97 bits per heavy atom. The smallest absolute Gasteiger partial charge is 0.618 e. The molecule has 0 unspecified atom stereocenters. The van der Waals surface area contributed by atoms with E-state index in [1.165, 1.54) is 28.8 Å². The number of benzene rings is 1. The number of thioether (sulfide) groups is 1. The number of nitrogens with zero attached hydrogens (tertiary/aromatic N) is 3. The van der Waals surface area contributed by atoms with Crippen LogP contribution in [0.5, 0.6) is 0 Å². The van der Waals surface area contributed by atoms with Gasteiger partial charge in [-0.3, -0.25) is 9.59 Å². The topological polar surface area (TPSA) is 156 Å². The number of nitrogens with one attached hydrogen (secondary N) is 1. The number of aromatic nitrogens is 2. The number of hydrogen-bond donors (Lipinski definition) is 1. The summed E-state index contributed by atoms with van der Waals surface area (Å²) < 4.78 is 4.38. The Hall–Kier alpha value is -2.41. The maximum atomic E-state index is 13.0. The number of carbonyl (C=O) groups is 4. The second-order valence-electron chi connectivity index (χ2n) is 7.84. The van der Waals surface area contributed by atoms with E-state index < -0.39 is 57.3 Å². The van der Waals surface area contributed by atoms with Gasteiger partial charge in [0, 0.05) is 10.8 Å². The summed E-state index contributed by atoms with van der Waals surface area (Å²) in [7, 11) is 0. The predicted octanol–water partition coefficient (Wildman–Crippen LogP) is -4.04. The number of carboxylic acids is 1. The van der Waals surface area contributed by atoms with Crippen molar-refractivity contribution < 1.29 is 63.3 Å². The largest absolute Gasteiger partial charge is 1.00 e. The van der Waals surface area contributed by atoms with Crippen LogP contribution in [0.1, 0.15) is 41.7 Å². The summed E-state index contributed by atoms with van der Waals surface area (Å²) in [6.45, 7) is 4.87. The quantitative estimate of drug-likeness (QED) is 0.147. The molecular formula is C20H19N4NaO7S. The van der Waals surface area contributed by atoms with Gasteiger partial charge in [0.05, 0.1) is 18.6 Å². The van der Waals surface area contributed by atoms with Crippen LogP contribution in [-0.2, 0) is 14.3 Å². The van der Waals surface area contributed by atoms with Gasteiger partial charge in [0.15, 0.2) is 0 Å². The molecule has 2 fully saturated rings. The molecule has 1 aromatic heterocycles. The molecule has 13 heteroatoms. The number of esters is 1. The molecule has 0 radical (unpaired) electrons. The number of carboxylic acid groups (broad SMARTS) is 1. The molecule has 1 aromatic carbocycles. The van der Waals surface area contributed by atoms with Gasteiger partial charge in [0.1, 0.15) is 16.9 Å². The van der Waals surface area contributed by atoms with Crippen LogP contribution in [0, 0.1) is 5.21 Å². The minimum Gasteiger partial charge on any atom is -0.618 e. The van der Waals surface area contributed by atoms with Crippen LogP contribution < -0.4 is 44.7 Å². The number of aliphatic carboxylic acids is 1. The maximum Gasteiger partial charge on any atom is 1.00 e. The number of para-hydroxylation sites is 2. The fourth-order valence-corrected chi connectivity index (χ4v) is 5.61. The second kappa shape index (κ2) is 9.09. The number of ether oxygens (including phenoxy) is 1. The van der Waals surface area contributed by atoms with Crippen LogP contribution in [0.25, 0.3) is 11.0 Å². The molecular weight excluding hydrogens is 463 g/mol. The van der Waals surface area contributed by atoms with Crippen molar-refractivity contribution in [2.24, 2.45) is 0 Å². The molecule has 0 spiro atoms. The predicted molar refractivity (Wildman–Crippen MR) is 109 cm³/mol. The van der Waals surface area contributed by atoms with Gasteiger partial charge in [0.25, 0.3) is 5.91 Å². The maximum absolute atomic E-state index is 13.0. The first-order chi connectivity index (χ1) is 15.1. The van der Waals surface area contributed by atoms with Gasteiger partial charge in [-0.15, -0.1) is 11.8 Å². The van der Waals surface area contributed by atoms with Gasteiger partial charge >= 0.3 is 41.2 Å². The van der Waals surface area contributed by atoms with E-state index in [0.29, 0.717) is 0 Å². The number of fused-ring (bicyclic) bond motifs is 2. The monoisotopic (exact) mass is 482 g/mol. The first-order valence-corrected chi connectivity index (χ1v) is 10.7. The third kappa shape index (κ3) is 4.05. The van der Waals surface area contributed by atoms with E-state index in [-0.39, 0.29) is 51.9 Å². The van der Waals surface area contributed by atoms with Crippen LogP contribution >= 0.6 is 11.8 Å². The third-order valence-electron chi connectivity index (χ3n) is 5.39. The van der Waals surface area contributed by atoms with Gasteiger partial charge in [-0.25, -0.2) is 9.78 Å². The molecule has 1 N–H and O–H groups in total. The molecule has 0 bridgehead atoms. The Morgan fingerprint density at radius 3 is 2.61 bits per heavy atom. The molecule has 2 aromatic rings. The Bertz CT molecular complexity index is 1170. The standard InChI is InChI=1S/C20H20N4O7S.Na/c1-4-31-19(29)13-11(21-9-7-5-6-8-10(9)24(13)30)15(25)22-12-16(26)23-14(18(27)28)20(2,3)32-17(12)23;/h5-8,12,14,17H,4H2,1-3H3,(H,22,25)(H,27,28);/q;+1/p-1/t12-,14+,17-;/m1./s1. The minimum atomic E-state index is -1.38. The zero-order valence-corrected chi connectivity index (χ0v) is 21.2. The van der Waals surface area contributed by atoms with Crippen molar-refractivity contribution in [3.8, 4) is 0 Å². The van der Waals surface area contributed by atoms with Crippen molar-refractivity contribution in [1.82, 2.24) is 15.2 Å². The molecule has 168 valence electrons. The zero-order chi connectivity index (χ0) is 23.4. The number of rotatable bonds is 5. The van der Waals surface area contributed by atoms with Crippen LogP contribution in [0.15, 0.2) is 24.3 Å². The average Bonchev–Trinajstić information content (AvgIpc) is 2.99. The van der Waals surface area contributed by atoms with Crippen molar-refractivity contribution in [2.45, 2.75) is 43.0 Å². The number of carbonyl (C=O) groups excluding carboxylic acids is 4. The normalized spacial score (nSPS) is 22.7. The number of β-lactam (4-membered cyclic amide) rings is 1. The van der Waals surface area contributed by atoms with E-state index in [2.05, 4.69) is 10.3 Å². The second-order valence-corrected chi connectivity index (χ2v) is 9.61. The summed E-state index contributed by atoms with van der Waals surface area (Å²) in [4.78, 5) is 55.0. The van der Waals surface area contributed by atoms with Crippen molar-refractivity contribution in [2.75, 3.05) is 6.61 Å². The van der Waals surface area contributed by atoms with E-state index in [4.69, 9.17) is 4.74 Å². The van der Waals surface area contributed by atoms with Crippen LogP contribution in [0.4, 0.5) is 0 Å². The van der Waals surface area contributed by atoms with Crippen molar-refractivity contribution in [3.05, 3.63) is 40.9 Å². The summed E-state index contributed by atoms with van der Waals surface area (Å²) >= 11 is 1.22. The fraction of sp³-hybridized carbons (Fsp3) is 0.400. The summed E-state index contributed by atoms with van der Waals surface area (Å²) in [5, 5.41) is 26.2. The summed E-state index contributed by atoms with van der Waals surface area (Å²) in [5.74, 6) is -3.92. The summed E-state index contributed by atoms with van der Waals surface area (Å²) in [6, 6.07) is 3.97. The molecule has 2 amide bonds. The average molecular weight is 482 g/mol. The summed E-state index contributed by atoms with van der Waals surface area (Å²) in [6.07, 6.45) is 0. The Labute approximate surface area is 214 Å². The molecule has 2 aliphatic rings. The van der Waals surface area contributed by atoms with E-state index in [9.17, 15) is 29.5 Å². The van der Waals surface area contributed by atoms with Crippen molar-refractivity contribution in [3.63, 3.8) is 0 Å². The Kier molecular flexibility index (Phi) is 6.94. The first kappa shape index (κ1) is 25.2. The van der Waals surface area contributed by atoms with E-state index in [1.807, 2.05) is 0 Å². The first-order valence-electron chi connectivity index (χ1n) is 9.79. The molecule has 33 heavy (non-hydrogen) atoms. The van der Waals surface area contributed by atoms with Crippen LogP contribution in [0.2, 0.25) is 0 Å². The number of hydrogen-bond acceptors (Lipinski definition) is 9. The van der Waals surface area contributed by atoms with Gasteiger partial charge in [-0.2, -0.15) is 4.73 Å². The molecule has 0 saturated carbocycles. The number of amides is 2. The van der Waals surface area contributed by atoms with Gasteiger partial charge in [-0.05, 0) is 26.8 Å². The van der Waals surface area contributed by atoms with Crippen molar-refractivity contribution >= 4 is 46.5 Å². The van der Waals surface area contributed by atoms with E-state index in [1.54, 1.807) is 32.9 Å². The Morgan fingerprint density at radius 1 is 1.30 bits per heavy atom. The molecule has 2 aliphatic heterocycles. The van der Waals surface area contributed by atoms with Crippen LogP contribution in [-0.4, -0.2) is 62.4 Å². The van der Waals surface area contributed by atoms with Crippen LogP contribution in [0.3, 0.4) is 0 Å². The van der Waals surface area contributed by atoms with Gasteiger partial charge in [0.2, 0.25) is 17.1 Å². The fourth-order valence-electron chi connectivity index (χ4n) is 3.99. The molecule has 3 atom stereocenters. The van der Waals surface area contributed by atoms with Gasteiger partial charge in [-0.1, -0.05) is 12.1 Å². The van der Waals surface area contributed by atoms with Crippen molar-refractivity contribution in [1.29, 1.82) is 0 Å². The summed E-state index contributed by atoms with van der Waals surface area (Å²) in [5.41, 5.74) is -0.834. The van der Waals surface area contributed by atoms with E-state index >= 15 is 0 Å². The van der Waals surface area contributed by atoms with E-state index in [0.717, 1.165) is 0 Å². The molecule has 4 rings (SSSR count). The molecule has 11 nitrogen and oxygen atoms in total. The molecule has 2 saturated heterocycles. The SMILES string of the molecule is CCOC(=O)c1c(C(=O)N[C@@H]2C(=O)N3[C@@H]2SC(C)(C)[C@@H]3C(=O)[O-])nc2ccccc2[n+]1[O-].[Na+]. The zero-order valence-electron chi connectivity index (χ0n) is 18.4. The minimum absolute atomic E-state index is 0. The van der Waals surface area contributed by atoms with Gasteiger partial charge < -0.3 is 30.1 Å². The third-order valence-corrected chi connectivity index (χ3v) is 6.97. The Balaban J connectivity index is 0.00000306.